The summed E-state index contributed by atoms with van der Waals surface area (Å²) in [6, 6.07) is 6.75. The largest absolute Gasteiger partial charge is 0.478 e. The lowest BCUT2D eigenvalue weighted by Crippen LogP contribution is -1.94. The average molecular weight is 162 g/mol. The van der Waals surface area contributed by atoms with Gasteiger partial charge in [0.05, 0.1) is 5.56 Å². The zero-order valence-corrected chi connectivity index (χ0v) is 5.66. The van der Waals surface area contributed by atoms with Crippen LogP contribution >= 0.6 is 0 Å². The molecular weight excluding hydrogens is 152 g/mol. The number of carboxylic acids is 1. The maximum absolute atomic E-state index is 10.3. The van der Waals surface area contributed by atoms with Gasteiger partial charge in [-0.15, -0.1) is 0 Å². The third-order valence-electron chi connectivity index (χ3n) is 1.30. The molecule has 0 saturated heterocycles. The molecule has 0 bridgehead atoms. The Bertz CT molecular complexity index is 241. The molecule has 1 aromatic carbocycles. The molecule has 1 aromatic rings. The van der Waals surface area contributed by atoms with E-state index in [1.807, 2.05) is 6.92 Å². The maximum atomic E-state index is 10.3. The fraction of sp³-hybridized carbons (Fsp3) is 0.125. The first-order valence-electron chi connectivity index (χ1n) is 3.00. The monoisotopic (exact) mass is 162 g/mol. The zero-order valence-electron chi connectivity index (χ0n) is 5.66. The average Bonchev–Trinajstić information content (AvgIpc) is 1.88. The summed E-state index contributed by atoms with van der Waals surface area (Å²) in [5, 5.41) is 8.48. The smallest absolute Gasteiger partial charge is 0.335 e. The van der Waals surface area contributed by atoms with Crippen LogP contribution in [0.1, 0.15) is 15.9 Å². The van der Waals surface area contributed by atoms with E-state index in [9.17, 15) is 4.79 Å². The van der Waals surface area contributed by atoms with Crippen LogP contribution in [0.5, 0.6) is 0 Å². The summed E-state index contributed by atoms with van der Waals surface area (Å²) in [7, 11) is 0. The molecule has 0 atom stereocenters. The number of rotatable bonds is 1. The summed E-state index contributed by atoms with van der Waals surface area (Å²) >= 11 is 0. The van der Waals surface area contributed by atoms with Gasteiger partial charge in [0.25, 0.3) is 0 Å². The van der Waals surface area contributed by atoms with E-state index >= 15 is 0 Å². The molecule has 1 N–H and O–H groups in total. The second-order valence-electron chi connectivity index (χ2n) is 2.17. The first-order chi connectivity index (χ1) is 4.70. The van der Waals surface area contributed by atoms with Gasteiger partial charge >= 0.3 is 29.0 Å². The van der Waals surface area contributed by atoms with Crippen molar-refractivity contribution in [3.63, 3.8) is 0 Å². The molecular formula is C8H10MgO2. The number of carboxylic acid groups (broad SMARTS) is 1. The molecule has 0 saturated carbocycles. The van der Waals surface area contributed by atoms with Crippen LogP contribution in [0.4, 0.5) is 0 Å². The molecule has 0 aliphatic carbocycles. The van der Waals surface area contributed by atoms with E-state index in [1.165, 1.54) is 0 Å². The Morgan fingerprint density at radius 3 is 2.09 bits per heavy atom. The maximum Gasteiger partial charge on any atom is 0.335 e. The third-order valence-corrected chi connectivity index (χ3v) is 1.30. The van der Waals surface area contributed by atoms with Crippen LogP contribution in [-0.2, 0) is 0 Å². The first kappa shape index (κ1) is 10.5. The van der Waals surface area contributed by atoms with E-state index in [0.717, 1.165) is 5.56 Å². The summed E-state index contributed by atoms with van der Waals surface area (Å²) in [5.41, 5.74) is 1.41. The molecule has 2 nitrogen and oxygen atoms in total. The predicted molar refractivity (Wildman–Crippen MR) is 46.7 cm³/mol. The topological polar surface area (TPSA) is 37.3 Å². The highest BCUT2D eigenvalue weighted by atomic mass is 24.3. The molecule has 0 heterocycles. The van der Waals surface area contributed by atoms with Crippen LogP contribution in [-0.4, -0.2) is 34.1 Å². The van der Waals surface area contributed by atoms with Crippen LogP contribution in [0.2, 0.25) is 0 Å². The number of benzene rings is 1. The molecule has 0 fully saturated rings. The Labute approximate surface area is 81.4 Å². The molecule has 11 heavy (non-hydrogen) atoms. The van der Waals surface area contributed by atoms with Crippen molar-refractivity contribution in [3.05, 3.63) is 35.4 Å². The number of aromatic carboxylic acids is 1. The summed E-state index contributed by atoms with van der Waals surface area (Å²) in [6.07, 6.45) is 0. The Balaban J connectivity index is 0.000001000. The molecule has 1 rings (SSSR count). The van der Waals surface area contributed by atoms with Crippen molar-refractivity contribution in [2.24, 2.45) is 0 Å². The predicted octanol–water partition coefficient (Wildman–Crippen LogP) is 0.777. The second kappa shape index (κ2) is 4.36. The van der Waals surface area contributed by atoms with Gasteiger partial charge in [0.2, 0.25) is 0 Å². The molecule has 0 radical (unpaired) electrons. The van der Waals surface area contributed by atoms with E-state index < -0.39 is 5.97 Å². The lowest BCUT2D eigenvalue weighted by Gasteiger charge is -1.92. The van der Waals surface area contributed by atoms with Gasteiger partial charge in [-0.25, -0.2) is 4.79 Å². The van der Waals surface area contributed by atoms with Crippen molar-refractivity contribution in [1.29, 1.82) is 0 Å². The van der Waals surface area contributed by atoms with E-state index in [2.05, 4.69) is 0 Å². The fourth-order valence-electron chi connectivity index (χ4n) is 0.696. The number of hydrogen-bond donors (Lipinski definition) is 1. The third kappa shape index (κ3) is 2.90. The Hall–Kier alpha value is -0.544. The standard InChI is InChI=1S/C8H8O2.Mg.2H/c1-6-2-4-7(5-3-6)8(9)10;;;/h2-5H,1H3,(H,9,10);;;. The molecule has 0 spiro atoms. The van der Waals surface area contributed by atoms with E-state index in [4.69, 9.17) is 5.11 Å². The van der Waals surface area contributed by atoms with Gasteiger partial charge in [-0.3, -0.25) is 0 Å². The van der Waals surface area contributed by atoms with Gasteiger partial charge in [0, 0.05) is 0 Å². The Morgan fingerprint density at radius 1 is 1.27 bits per heavy atom. The minimum atomic E-state index is -0.875. The van der Waals surface area contributed by atoms with E-state index in [1.54, 1.807) is 24.3 Å². The van der Waals surface area contributed by atoms with Crippen LogP contribution in [0, 0.1) is 6.92 Å². The first-order valence-corrected chi connectivity index (χ1v) is 3.00. The molecule has 0 unspecified atom stereocenters. The quantitative estimate of drug-likeness (QED) is 0.620. The molecule has 0 amide bonds. The zero-order chi connectivity index (χ0) is 7.56. The summed E-state index contributed by atoms with van der Waals surface area (Å²) < 4.78 is 0. The minimum Gasteiger partial charge on any atom is -0.478 e. The Kier molecular flexibility index (Phi) is 4.14. The number of carbonyl (C=O) groups is 1. The van der Waals surface area contributed by atoms with Crippen LogP contribution in [0.25, 0.3) is 0 Å². The minimum absolute atomic E-state index is 0. The van der Waals surface area contributed by atoms with E-state index in [-0.39, 0.29) is 23.1 Å². The second-order valence-corrected chi connectivity index (χ2v) is 2.17. The van der Waals surface area contributed by atoms with Gasteiger partial charge in [0.1, 0.15) is 0 Å². The van der Waals surface area contributed by atoms with Crippen LogP contribution in [0.3, 0.4) is 0 Å². The van der Waals surface area contributed by atoms with Crippen molar-refractivity contribution >= 4 is 29.0 Å². The highest BCUT2D eigenvalue weighted by molar-refractivity contribution is 5.87. The van der Waals surface area contributed by atoms with Crippen molar-refractivity contribution in [3.8, 4) is 0 Å². The van der Waals surface area contributed by atoms with Gasteiger partial charge in [-0.1, -0.05) is 17.7 Å². The molecule has 56 valence electrons. The lowest BCUT2D eigenvalue weighted by atomic mass is 10.2. The van der Waals surface area contributed by atoms with Crippen LogP contribution in [0.15, 0.2) is 24.3 Å². The lowest BCUT2D eigenvalue weighted by molar-refractivity contribution is 0.0697. The Morgan fingerprint density at radius 2 is 1.73 bits per heavy atom. The van der Waals surface area contributed by atoms with Crippen molar-refractivity contribution in [1.82, 2.24) is 0 Å². The van der Waals surface area contributed by atoms with Crippen LogP contribution < -0.4 is 0 Å². The molecule has 0 aliphatic rings. The van der Waals surface area contributed by atoms with Crippen molar-refractivity contribution < 1.29 is 9.90 Å². The van der Waals surface area contributed by atoms with E-state index in [0.29, 0.717) is 5.56 Å². The van der Waals surface area contributed by atoms with Gasteiger partial charge in [-0.05, 0) is 19.1 Å². The number of aryl methyl sites for hydroxylation is 1. The summed E-state index contributed by atoms with van der Waals surface area (Å²) in [6.45, 7) is 1.92. The molecule has 0 aliphatic heterocycles. The summed E-state index contributed by atoms with van der Waals surface area (Å²) in [5.74, 6) is -0.875. The molecule has 0 aromatic heterocycles. The van der Waals surface area contributed by atoms with Crippen molar-refractivity contribution in [2.75, 3.05) is 0 Å². The highest BCUT2D eigenvalue weighted by Crippen LogP contribution is 2.01. The highest BCUT2D eigenvalue weighted by Gasteiger charge is 1.98. The van der Waals surface area contributed by atoms with Gasteiger partial charge in [-0.2, -0.15) is 0 Å². The van der Waals surface area contributed by atoms with Gasteiger partial charge in [0.15, 0.2) is 0 Å². The molecule has 3 heteroatoms. The fourth-order valence-corrected chi connectivity index (χ4v) is 0.696. The number of hydrogen-bond acceptors (Lipinski definition) is 1. The summed E-state index contributed by atoms with van der Waals surface area (Å²) in [4.78, 5) is 10.3. The van der Waals surface area contributed by atoms with Gasteiger partial charge < -0.3 is 5.11 Å². The SMILES string of the molecule is Cc1ccc(C(=O)O)cc1.[MgH2]. The van der Waals surface area contributed by atoms with Crippen molar-refractivity contribution in [2.45, 2.75) is 6.92 Å². The normalized spacial score (nSPS) is 8.45.